The van der Waals surface area contributed by atoms with Gasteiger partial charge in [-0.25, -0.2) is 17.6 Å². The van der Waals surface area contributed by atoms with Crippen LogP contribution in [0.25, 0.3) is 0 Å². The Hall–Kier alpha value is -2.04. The third-order valence-corrected chi connectivity index (χ3v) is 3.07. The molecular weight excluding hydrogens is 283 g/mol. The van der Waals surface area contributed by atoms with E-state index in [4.69, 9.17) is 10.8 Å². The summed E-state index contributed by atoms with van der Waals surface area (Å²) in [7, 11) is -4.24. The van der Waals surface area contributed by atoms with E-state index in [9.17, 15) is 22.4 Å². The molecule has 0 radical (unpaired) electrons. The first-order chi connectivity index (χ1) is 8.74. The van der Waals surface area contributed by atoms with Crippen molar-refractivity contribution in [3.05, 3.63) is 29.6 Å². The third kappa shape index (κ3) is 3.98. The third-order valence-electron chi connectivity index (χ3n) is 1.86. The van der Waals surface area contributed by atoms with E-state index in [-0.39, 0.29) is 0 Å². The molecule has 0 bridgehead atoms. The van der Waals surface area contributed by atoms with Crippen LogP contribution in [0.2, 0.25) is 0 Å². The van der Waals surface area contributed by atoms with Crippen LogP contribution in [0.4, 0.5) is 4.39 Å². The zero-order valence-electron chi connectivity index (χ0n) is 9.29. The van der Waals surface area contributed by atoms with Gasteiger partial charge in [0, 0.05) is 0 Å². The maximum absolute atomic E-state index is 13.1. The highest BCUT2D eigenvalue weighted by Crippen LogP contribution is 2.15. The lowest BCUT2D eigenvalue weighted by atomic mass is 10.2. The van der Waals surface area contributed by atoms with Crippen LogP contribution in [0.3, 0.4) is 0 Å². The molecule has 0 heterocycles. The van der Waals surface area contributed by atoms with Crippen LogP contribution in [0.15, 0.2) is 23.1 Å². The Morgan fingerprint density at radius 2 is 2.05 bits per heavy atom. The highest BCUT2D eigenvalue weighted by Gasteiger charge is 2.19. The number of hydrogen-bond donors (Lipinski definition) is 3. The summed E-state index contributed by atoms with van der Waals surface area (Å²) in [4.78, 5) is 26.3. The van der Waals surface area contributed by atoms with Gasteiger partial charge in [-0.2, -0.15) is 0 Å². The van der Waals surface area contributed by atoms with Gasteiger partial charge < -0.3 is 10.8 Å². The maximum atomic E-state index is 13.1. The van der Waals surface area contributed by atoms with E-state index < -0.39 is 44.8 Å². The summed E-state index contributed by atoms with van der Waals surface area (Å²) in [5.41, 5.74) is 3.91. The van der Waals surface area contributed by atoms with Gasteiger partial charge in [0.25, 0.3) is 10.0 Å². The van der Waals surface area contributed by atoms with Gasteiger partial charge in [0.2, 0.25) is 5.91 Å². The Labute approximate surface area is 107 Å². The second-order valence-corrected chi connectivity index (χ2v) is 4.93. The van der Waals surface area contributed by atoms with Crippen LogP contribution in [0.5, 0.6) is 0 Å². The number of amides is 1. The van der Waals surface area contributed by atoms with Gasteiger partial charge in [0.15, 0.2) is 0 Å². The van der Waals surface area contributed by atoms with Crippen LogP contribution in [0, 0.1) is 5.82 Å². The SMILES string of the molecule is NC(=O)CONS(=O)(=O)c1ccc(F)c(C(=O)O)c1. The molecule has 1 rings (SSSR count). The number of nitrogens with one attached hydrogen (secondary N) is 1. The van der Waals surface area contributed by atoms with Crippen LogP contribution in [0.1, 0.15) is 10.4 Å². The molecule has 0 saturated carbocycles. The first-order valence-corrected chi connectivity index (χ1v) is 6.17. The number of nitrogens with two attached hydrogens (primary N) is 1. The van der Waals surface area contributed by atoms with Gasteiger partial charge in [-0.1, -0.05) is 4.89 Å². The lowest BCUT2D eigenvalue weighted by Gasteiger charge is -2.07. The topological polar surface area (TPSA) is 136 Å². The number of benzene rings is 1. The Balaban J connectivity index is 2.99. The van der Waals surface area contributed by atoms with Crippen LogP contribution < -0.4 is 10.6 Å². The number of carbonyl (C=O) groups excluding carboxylic acids is 1. The maximum Gasteiger partial charge on any atom is 0.338 e. The number of sulfonamides is 1. The molecule has 104 valence electrons. The molecule has 19 heavy (non-hydrogen) atoms. The number of primary amides is 1. The molecule has 0 aliphatic heterocycles. The van der Waals surface area contributed by atoms with Gasteiger partial charge >= 0.3 is 5.97 Å². The zero-order valence-corrected chi connectivity index (χ0v) is 10.1. The zero-order chi connectivity index (χ0) is 14.6. The number of carboxylic acids is 1. The van der Waals surface area contributed by atoms with Crippen molar-refractivity contribution in [3.63, 3.8) is 0 Å². The lowest BCUT2D eigenvalue weighted by Crippen LogP contribution is -2.29. The van der Waals surface area contributed by atoms with Crippen molar-refractivity contribution >= 4 is 21.9 Å². The minimum atomic E-state index is -4.24. The summed E-state index contributed by atoms with van der Waals surface area (Å²) in [6, 6.07) is 2.15. The van der Waals surface area contributed by atoms with Crippen molar-refractivity contribution in [2.24, 2.45) is 5.73 Å². The van der Waals surface area contributed by atoms with Crippen LogP contribution in [-0.4, -0.2) is 32.0 Å². The Morgan fingerprint density at radius 1 is 1.42 bits per heavy atom. The highest BCUT2D eigenvalue weighted by atomic mass is 32.2. The Kier molecular flexibility index (Phi) is 4.53. The van der Waals surface area contributed by atoms with Crippen molar-refractivity contribution < 1.29 is 32.3 Å². The second kappa shape index (κ2) is 5.73. The summed E-state index contributed by atoms with van der Waals surface area (Å²) in [6.45, 7) is -0.702. The van der Waals surface area contributed by atoms with Gasteiger partial charge in [-0.3, -0.25) is 9.63 Å². The highest BCUT2D eigenvalue weighted by molar-refractivity contribution is 7.89. The molecule has 0 atom stereocenters. The van der Waals surface area contributed by atoms with Gasteiger partial charge in [-0.05, 0) is 18.2 Å². The molecule has 1 amide bonds. The van der Waals surface area contributed by atoms with Gasteiger partial charge in [-0.15, -0.1) is 0 Å². The molecule has 10 heteroatoms. The minimum Gasteiger partial charge on any atom is -0.478 e. The quantitative estimate of drug-likeness (QED) is 0.588. The Morgan fingerprint density at radius 3 is 2.58 bits per heavy atom. The van der Waals surface area contributed by atoms with E-state index in [2.05, 4.69) is 4.84 Å². The summed E-state index contributed by atoms with van der Waals surface area (Å²) < 4.78 is 36.3. The molecule has 1 aromatic carbocycles. The standard InChI is InChI=1S/C9H9FN2O6S/c10-7-2-1-5(3-6(7)9(14)15)19(16,17)12-18-4-8(11)13/h1-3,12H,4H2,(H2,11,13)(H,14,15). The monoisotopic (exact) mass is 292 g/mol. The van der Waals surface area contributed by atoms with Crippen molar-refractivity contribution in [1.29, 1.82) is 0 Å². The molecule has 4 N–H and O–H groups in total. The van der Waals surface area contributed by atoms with Crippen LogP contribution >= 0.6 is 0 Å². The molecule has 0 aliphatic carbocycles. The predicted molar refractivity (Wildman–Crippen MR) is 58.8 cm³/mol. The number of halogens is 1. The largest absolute Gasteiger partial charge is 0.478 e. The molecule has 8 nitrogen and oxygen atoms in total. The molecule has 0 fully saturated rings. The van der Waals surface area contributed by atoms with E-state index >= 15 is 0 Å². The number of carbonyl (C=O) groups is 2. The number of aromatic carboxylic acids is 1. The molecule has 0 aromatic heterocycles. The second-order valence-electron chi connectivity index (χ2n) is 3.29. The van der Waals surface area contributed by atoms with Gasteiger partial charge in [0.1, 0.15) is 12.4 Å². The normalized spacial score (nSPS) is 11.2. The van der Waals surface area contributed by atoms with E-state index in [1.807, 2.05) is 0 Å². The number of rotatable bonds is 6. The van der Waals surface area contributed by atoms with E-state index in [1.165, 1.54) is 0 Å². The van der Waals surface area contributed by atoms with Crippen molar-refractivity contribution in [2.75, 3.05) is 6.61 Å². The number of carboxylic acid groups (broad SMARTS) is 1. The predicted octanol–water partition coefficient (Wildman–Crippen LogP) is -0.781. The van der Waals surface area contributed by atoms with Crippen LogP contribution in [-0.2, 0) is 19.7 Å². The average Bonchev–Trinajstić information content (AvgIpc) is 2.27. The van der Waals surface area contributed by atoms with E-state index in [0.29, 0.717) is 12.1 Å². The summed E-state index contributed by atoms with van der Waals surface area (Å²) in [5, 5.41) is 8.66. The first-order valence-electron chi connectivity index (χ1n) is 4.69. The molecule has 0 saturated heterocycles. The van der Waals surface area contributed by atoms with Crippen molar-refractivity contribution in [3.8, 4) is 0 Å². The minimum absolute atomic E-state index is 0.532. The molecule has 0 unspecified atom stereocenters. The smallest absolute Gasteiger partial charge is 0.338 e. The first kappa shape index (κ1) is 15.0. The fourth-order valence-electron chi connectivity index (χ4n) is 1.06. The molecular formula is C9H9FN2O6S. The van der Waals surface area contributed by atoms with Crippen molar-refractivity contribution in [2.45, 2.75) is 4.90 Å². The molecule has 0 aliphatic rings. The molecule has 0 spiro atoms. The Bertz CT molecular complexity index is 615. The van der Waals surface area contributed by atoms with Crippen molar-refractivity contribution in [1.82, 2.24) is 4.89 Å². The fourth-order valence-corrected chi connectivity index (χ4v) is 1.89. The number of hydrogen-bond acceptors (Lipinski definition) is 5. The summed E-state index contributed by atoms with van der Waals surface area (Å²) in [6.07, 6.45) is 0. The average molecular weight is 292 g/mol. The van der Waals surface area contributed by atoms with Gasteiger partial charge in [0.05, 0.1) is 10.5 Å². The summed E-state index contributed by atoms with van der Waals surface area (Å²) in [5.74, 6) is -3.61. The lowest BCUT2D eigenvalue weighted by molar-refractivity contribution is -0.123. The fraction of sp³-hybridized carbons (Fsp3) is 0.111. The molecule has 1 aromatic rings. The van der Waals surface area contributed by atoms with E-state index in [1.54, 1.807) is 4.89 Å². The summed E-state index contributed by atoms with van der Waals surface area (Å²) >= 11 is 0. The van der Waals surface area contributed by atoms with E-state index in [0.717, 1.165) is 6.07 Å².